The van der Waals surface area contributed by atoms with Crippen LogP contribution in [-0.2, 0) is 9.59 Å². The second-order valence-electron chi connectivity index (χ2n) is 7.70. The number of hydrogen-bond acceptors (Lipinski definition) is 6. The van der Waals surface area contributed by atoms with Gasteiger partial charge in [-0.15, -0.1) is 0 Å². The Morgan fingerprint density at radius 3 is 2.32 bits per heavy atom. The van der Waals surface area contributed by atoms with E-state index in [9.17, 15) is 19.7 Å². The number of likely N-dealkylation sites (N-methyl/N-ethyl adjacent to an activating group) is 1. The lowest BCUT2D eigenvalue weighted by Gasteiger charge is -2.38. The van der Waals surface area contributed by atoms with Crippen LogP contribution in [0.5, 0.6) is 0 Å². The minimum atomic E-state index is -0.935. The second kappa shape index (κ2) is 10.1. The first kappa shape index (κ1) is 22.4. The average molecular weight is 425 g/mol. The van der Waals surface area contributed by atoms with Crippen molar-refractivity contribution in [3.63, 3.8) is 0 Å². The van der Waals surface area contributed by atoms with Crippen molar-refractivity contribution in [2.75, 3.05) is 45.1 Å². The topological polar surface area (TPSA) is 108 Å². The molecule has 31 heavy (non-hydrogen) atoms. The van der Waals surface area contributed by atoms with Gasteiger partial charge in [0.1, 0.15) is 5.69 Å². The van der Waals surface area contributed by atoms with E-state index >= 15 is 0 Å². The molecule has 1 aliphatic heterocycles. The predicted octanol–water partition coefficient (Wildman–Crippen LogP) is 1.95. The summed E-state index contributed by atoms with van der Waals surface area (Å²) in [5.41, 5.74) is 1.93. The number of nitro groups is 1. The van der Waals surface area contributed by atoms with E-state index in [-0.39, 0.29) is 24.0 Å². The third-order valence-corrected chi connectivity index (χ3v) is 5.45. The summed E-state index contributed by atoms with van der Waals surface area (Å²) in [6, 6.07) is 13.8. The van der Waals surface area contributed by atoms with Crippen LogP contribution < -0.4 is 10.6 Å². The van der Waals surface area contributed by atoms with E-state index in [4.69, 9.17) is 0 Å². The first-order valence-corrected chi connectivity index (χ1v) is 10.2. The molecule has 2 amide bonds. The van der Waals surface area contributed by atoms with Gasteiger partial charge in [-0.05, 0) is 25.6 Å². The van der Waals surface area contributed by atoms with Gasteiger partial charge in [0, 0.05) is 38.8 Å². The van der Waals surface area contributed by atoms with E-state index in [0.717, 1.165) is 37.3 Å². The summed E-state index contributed by atoms with van der Waals surface area (Å²) in [4.78, 5) is 39.8. The van der Waals surface area contributed by atoms with Crippen molar-refractivity contribution >= 4 is 23.2 Å². The molecule has 0 aromatic heterocycles. The maximum Gasteiger partial charge on any atom is 0.313 e. The van der Waals surface area contributed by atoms with E-state index < -0.39 is 16.7 Å². The van der Waals surface area contributed by atoms with Crippen LogP contribution in [0, 0.1) is 17.0 Å². The molecule has 1 fully saturated rings. The van der Waals surface area contributed by atoms with Gasteiger partial charge >= 0.3 is 11.8 Å². The Bertz CT molecular complexity index is 939. The summed E-state index contributed by atoms with van der Waals surface area (Å²) in [6.45, 7) is 5.84. The molecule has 9 heteroatoms. The van der Waals surface area contributed by atoms with Crippen molar-refractivity contribution in [3.05, 3.63) is 69.8 Å². The van der Waals surface area contributed by atoms with Crippen LogP contribution >= 0.6 is 0 Å². The highest BCUT2D eigenvalue weighted by Gasteiger charge is 2.26. The van der Waals surface area contributed by atoms with Crippen LogP contribution in [0.4, 0.5) is 11.4 Å². The molecule has 0 radical (unpaired) electrons. The molecule has 164 valence electrons. The Kier molecular flexibility index (Phi) is 7.32. The van der Waals surface area contributed by atoms with Gasteiger partial charge in [-0.25, -0.2) is 0 Å². The van der Waals surface area contributed by atoms with E-state index in [2.05, 4.69) is 27.5 Å². The minimum absolute atomic E-state index is 0.0122. The largest absolute Gasteiger partial charge is 0.346 e. The minimum Gasteiger partial charge on any atom is -0.346 e. The Morgan fingerprint density at radius 2 is 1.68 bits per heavy atom. The molecule has 2 aromatic rings. The molecule has 1 atom stereocenters. The molecule has 1 aliphatic rings. The first-order chi connectivity index (χ1) is 14.8. The van der Waals surface area contributed by atoms with Crippen molar-refractivity contribution in [2.45, 2.75) is 13.0 Å². The second-order valence-corrected chi connectivity index (χ2v) is 7.70. The number of benzene rings is 2. The lowest BCUT2D eigenvalue weighted by Crippen LogP contribution is -2.49. The summed E-state index contributed by atoms with van der Waals surface area (Å²) in [5.74, 6) is -1.76. The molecule has 0 unspecified atom stereocenters. The van der Waals surface area contributed by atoms with Crippen molar-refractivity contribution in [2.24, 2.45) is 0 Å². The van der Waals surface area contributed by atoms with Crippen molar-refractivity contribution in [3.8, 4) is 0 Å². The summed E-state index contributed by atoms with van der Waals surface area (Å²) in [7, 11) is 2.08. The number of piperazine rings is 1. The Labute approximate surface area is 181 Å². The molecule has 2 N–H and O–H groups in total. The van der Waals surface area contributed by atoms with Gasteiger partial charge in [-0.3, -0.25) is 24.6 Å². The fraction of sp³-hybridized carbons (Fsp3) is 0.364. The lowest BCUT2D eigenvalue weighted by molar-refractivity contribution is -0.383. The SMILES string of the molecule is Cc1ccc([C@H](CNC(=O)C(=O)Nc2ccccc2[N+](=O)[O-])N2CCN(C)CC2)cc1. The maximum absolute atomic E-state index is 12.4. The van der Waals surface area contributed by atoms with E-state index in [1.165, 1.54) is 18.2 Å². The van der Waals surface area contributed by atoms with Crippen LogP contribution in [0.3, 0.4) is 0 Å². The number of nitrogens with zero attached hydrogens (tertiary/aromatic N) is 3. The quantitative estimate of drug-likeness (QED) is 0.416. The van der Waals surface area contributed by atoms with Crippen LogP contribution in [-0.4, -0.2) is 66.3 Å². The van der Waals surface area contributed by atoms with Gasteiger partial charge < -0.3 is 15.5 Å². The Balaban J connectivity index is 1.67. The zero-order valence-corrected chi connectivity index (χ0v) is 17.7. The first-order valence-electron chi connectivity index (χ1n) is 10.2. The number of anilines is 1. The highest BCUT2D eigenvalue weighted by molar-refractivity contribution is 6.39. The van der Waals surface area contributed by atoms with Crippen LogP contribution in [0.25, 0.3) is 0 Å². The molecule has 0 spiro atoms. The molecule has 2 aromatic carbocycles. The molecule has 0 aliphatic carbocycles. The number of aryl methyl sites for hydroxylation is 1. The van der Waals surface area contributed by atoms with Gasteiger partial charge in [0.25, 0.3) is 5.69 Å². The van der Waals surface area contributed by atoms with Crippen molar-refractivity contribution in [1.29, 1.82) is 0 Å². The number of hydrogen-bond donors (Lipinski definition) is 2. The third kappa shape index (κ3) is 5.87. The summed E-state index contributed by atoms with van der Waals surface area (Å²) in [5, 5.41) is 16.1. The van der Waals surface area contributed by atoms with Crippen molar-refractivity contribution in [1.82, 2.24) is 15.1 Å². The molecule has 1 heterocycles. The van der Waals surface area contributed by atoms with E-state index in [1.54, 1.807) is 6.07 Å². The number of carbonyl (C=O) groups is 2. The Hall–Kier alpha value is -3.30. The lowest BCUT2D eigenvalue weighted by atomic mass is 10.0. The maximum atomic E-state index is 12.4. The van der Waals surface area contributed by atoms with Crippen LogP contribution in [0.15, 0.2) is 48.5 Å². The number of para-hydroxylation sites is 2. The molecule has 0 saturated carbocycles. The zero-order chi connectivity index (χ0) is 22.4. The molecular weight excluding hydrogens is 398 g/mol. The predicted molar refractivity (Wildman–Crippen MR) is 118 cm³/mol. The number of nitro benzene ring substituents is 1. The molecule has 3 rings (SSSR count). The summed E-state index contributed by atoms with van der Waals surface area (Å²) >= 11 is 0. The van der Waals surface area contributed by atoms with Crippen molar-refractivity contribution < 1.29 is 14.5 Å². The summed E-state index contributed by atoms with van der Waals surface area (Å²) in [6.07, 6.45) is 0. The molecule has 0 bridgehead atoms. The van der Waals surface area contributed by atoms with E-state index in [0.29, 0.717) is 0 Å². The highest BCUT2D eigenvalue weighted by atomic mass is 16.6. The summed E-state index contributed by atoms with van der Waals surface area (Å²) < 4.78 is 0. The van der Waals surface area contributed by atoms with Crippen LogP contribution in [0.1, 0.15) is 17.2 Å². The van der Waals surface area contributed by atoms with Gasteiger partial charge in [0.15, 0.2) is 0 Å². The van der Waals surface area contributed by atoms with Crippen LogP contribution in [0.2, 0.25) is 0 Å². The smallest absolute Gasteiger partial charge is 0.313 e. The molecular formula is C22H27N5O4. The number of amides is 2. The van der Waals surface area contributed by atoms with Gasteiger partial charge in [0.05, 0.1) is 11.0 Å². The third-order valence-electron chi connectivity index (χ3n) is 5.45. The molecule has 1 saturated heterocycles. The van der Waals surface area contributed by atoms with E-state index in [1.807, 2.05) is 31.2 Å². The molecule has 9 nitrogen and oxygen atoms in total. The number of carbonyl (C=O) groups excluding carboxylic acids is 2. The monoisotopic (exact) mass is 425 g/mol. The number of nitrogens with one attached hydrogen (secondary N) is 2. The Morgan fingerprint density at radius 1 is 1.03 bits per heavy atom. The standard InChI is InChI=1S/C22H27N5O4/c1-16-7-9-17(10-8-16)20(26-13-11-25(2)12-14-26)15-23-21(28)22(29)24-18-5-3-4-6-19(18)27(30)31/h3-10,20H,11-15H2,1-2H3,(H,23,28)(H,24,29)/t20-/m0/s1. The average Bonchev–Trinajstić information content (AvgIpc) is 2.76. The fourth-order valence-corrected chi connectivity index (χ4v) is 3.57. The van der Waals surface area contributed by atoms with Gasteiger partial charge in [-0.2, -0.15) is 0 Å². The fourth-order valence-electron chi connectivity index (χ4n) is 3.57. The zero-order valence-electron chi connectivity index (χ0n) is 17.7. The number of rotatable bonds is 6. The highest BCUT2D eigenvalue weighted by Crippen LogP contribution is 2.24. The normalized spacial score (nSPS) is 15.8. The van der Waals surface area contributed by atoms with Gasteiger partial charge in [0.2, 0.25) is 0 Å². The van der Waals surface area contributed by atoms with Gasteiger partial charge in [-0.1, -0.05) is 42.0 Å².